The molecule has 79 valence electrons. The second-order valence-corrected chi connectivity index (χ2v) is 7.50. The molecule has 0 atom stereocenters. The molecule has 0 rings (SSSR count). The Hall–Kier alpha value is 2.32. The Bertz CT molecular complexity index is 177. The largest absolute Gasteiger partial charge is 0.186 e. The lowest BCUT2D eigenvalue weighted by Crippen LogP contribution is -2.51. The minimum Gasteiger partial charge on any atom is -0.102 e. The van der Waals surface area contributed by atoms with Crippen LogP contribution in [0, 0.1) is 6.92 Å². The second-order valence-electron chi connectivity index (χ2n) is 2.20. The zero-order valence-corrected chi connectivity index (χ0v) is 11.9. The summed E-state index contributed by atoms with van der Waals surface area (Å²) in [4.78, 5) is -1.27. The van der Waals surface area contributed by atoms with Gasteiger partial charge in [0.2, 0.25) is 0 Å². The molecule has 0 nitrogen and oxygen atoms in total. The van der Waals surface area contributed by atoms with Gasteiger partial charge in [0.1, 0.15) is 4.84 Å². The van der Waals surface area contributed by atoms with Crippen LogP contribution < -0.4 is 0 Å². The number of hydrogen-bond acceptors (Lipinski definition) is 0. The van der Waals surface area contributed by atoms with Gasteiger partial charge in [-0.2, -0.15) is 0 Å². The third-order valence-corrected chi connectivity index (χ3v) is 5.84. The lowest BCUT2D eigenvalue weighted by atomic mass is 10.2. The maximum atomic E-state index is 5.71. The van der Waals surface area contributed by atoms with E-state index in [0.29, 0.717) is 0 Å². The Labute approximate surface area is 117 Å². The number of alkyl halides is 8. The molecule has 0 amide bonds. The van der Waals surface area contributed by atoms with Gasteiger partial charge in [-0.05, 0) is 6.92 Å². The Balaban J connectivity index is 5.04. The van der Waals surface area contributed by atoms with Crippen molar-refractivity contribution in [1.29, 1.82) is 0 Å². The van der Waals surface area contributed by atoms with E-state index in [9.17, 15) is 0 Å². The molecule has 0 aromatic heterocycles. The van der Waals surface area contributed by atoms with E-state index in [1.165, 1.54) is 0 Å². The fraction of sp³-hybridized carbons (Fsp3) is 0.800. The van der Waals surface area contributed by atoms with Crippen LogP contribution in [0.5, 0.6) is 0 Å². The van der Waals surface area contributed by atoms with E-state index >= 15 is 0 Å². The van der Waals surface area contributed by atoms with E-state index in [1.54, 1.807) is 0 Å². The molecule has 0 bridgehead atoms. The number of halogens is 8. The van der Waals surface area contributed by atoms with Crippen LogP contribution >= 0.6 is 92.8 Å². The van der Waals surface area contributed by atoms with E-state index in [0.717, 1.165) is 0 Å². The molecule has 13 heavy (non-hydrogen) atoms. The summed E-state index contributed by atoms with van der Waals surface area (Å²) in [6, 6.07) is 0. The summed E-state index contributed by atoms with van der Waals surface area (Å²) in [5.74, 6) is 0. The highest BCUT2D eigenvalue weighted by molar-refractivity contribution is 6.72. The van der Waals surface area contributed by atoms with Crippen molar-refractivity contribution in [3.8, 4) is 0 Å². The third-order valence-electron chi connectivity index (χ3n) is 1.15. The van der Waals surface area contributed by atoms with Gasteiger partial charge in [0, 0.05) is 0 Å². The van der Waals surface area contributed by atoms with Crippen molar-refractivity contribution < 1.29 is 0 Å². The minimum absolute atomic E-state index is 1.27. The first kappa shape index (κ1) is 15.3. The quantitative estimate of drug-likeness (QED) is 0.620. The summed E-state index contributed by atoms with van der Waals surface area (Å²) in [7, 11) is 0. The molecule has 0 saturated carbocycles. The van der Waals surface area contributed by atoms with Gasteiger partial charge in [-0.3, -0.25) is 0 Å². The molecule has 8 heteroatoms. The van der Waals surface area contributed by atoms with Crippen LogP contribution in [0.25, 0.3) is 0 Å². The minimum atomic E-state index is -2.01. The van der Waals surface area contributed by atoms with Gasteiger partial charge in [0.25, 0.3) is 0 Å². The van der Waals surface area contributed by atoms with Crippen LogP contribution in [0.2, 0.25) is 0 Å². The maximum absolute atomic E-state index is 5.71. The highest BCUT2D eigenvalue weighted by Crippen LogP contribution is 2.56. The fourth-order valence-electron chi connectivity index (χ4n) is 0.381. The molecule has 0 heterocycles. The SMILES string of the molecule is [CH2]C(Cl)(Cl)C(Cl)(Cl)C(Cl)(Cl)C(Cl)Cl. The van der Waals surface area contributed by atoms with Gasteiger partial charge in [0.15, 0.2) is 13.0 Å². The van der Waals surface area contributed by atoms with Crippen molar-refractivity contribution in [2.75, 3.05) is 0 Å². The molecule has 0 unspecified atom stereocenters. The lowest BCUT2D eigenvalue weighted by Gasteiger charge is -2.39. The van der Waals surface area contributed by atoms with E-state index in [2.05, 4.69) is 6.92 Å². The summed E-state index contributed by atoms with van der Waals surface area (Å²) in [5.41, 5.74) is 0. The molecule has 0 aliphatic heterocycles. The average molecular weight is 347 g/mol. The van der Waals surface area contributed by atoms with Gasteiger partial charge in [-0.25, -0.2) is 0 Å². The third kappa shape index (κ3) is 3.14. The molecular weight excluding hydrogens is 344 g/mol. The van der Waals surface area contributed by atoms with Gasteiger partial charge in [0.05, 0.1) is 0 Å². The van der Waals surface area contributed by atoms with E-state index in [-0.39, 0.29) is 0 Å². The molecule has 0 aromatic carbocycles. The van der Waals surface area contributed by atoms with Crippen LogP contribution in [0.3, 0.4) is 0 Å². The summed E-state index contributed by atoms with van der Waals surface area (Å²) in [6.45, 7) is 3.27. The van der Waals surface area contributed by atoms with Crippen molar-refractivity contribution in [2.45, 2.75) is 17.8 Å². The van der Waals surface area contributed by atoms with Crippen LogP contribution in [0.15, 0.2) is 0 Å². The lowest BCUT2D eigenvalue weighted by molar-refractivity contribution is 0.662. The van der Waals surface area contributed by atoms with E-state index < -0.39 is 17.8 Å². The molecular formula is C5H3Cl8. The van der Waals surface area contributed by atoms with Crippen molar-refractivity contribution in [3.63, 3.8) is 0 Å². The Morgan fingerprint density at radius 3 is 1.23 bits per heavy atom. The van der Waals surface area contributed by atoms with Crippen molar-refractivity contribution in [3.05, 3.63) is 6.92 Å². The summed E-state index contributed by atoms with van der Waals surface area (Å²) < 4.78 is -5.80. The normalized spacial score (nSPS) is 15.2. The smallest absolute Gasteiger partial charge is 0.102 e. The molecule has 0 fully saturated rings. The van der Waals surface area contributed by atoms with Crippen molar-refractivity contribution in [2.24, 2.45) is 0 Å². The van der Waals surface area contributed by atoms with Gasteiger partial charge < -0.3 is 0 Å². The molecule has 0 aliphatic carbocycles. The van der Waals surface area contributed by atoms with Crippen LogP contribution in [-0.2, 0) is 0 Å². The first-order chi connectivity index (χ1) is 5.44. The average Bonchev–Trinajstić information content (AvgIpc) is 1.84. The van der Waals surface area contributed by atoms with Gasteiger partial charge in [-0.15, -0.1) is 23.2 Å². The predicted octanol–water partition coefficient (Wildman–Crippen LogP) is 5.15. The van der Waals surface area contributed by atoms with Crippen LogP contribution in [0.4, 0.5) is 0 Å². The van der Waals surface area contributed by atoms with E-state index in [4.69, 9.17) is 92.8 Å². The standard InChI is InChI=1S/C5H3Cl8/c1-3(8,9)5(12,13)4(10,11)2(6)7/h2H,1H2. The van der Waals surface area contributed by atoms with Crippen LogP contribution in [0.1, 0.15) is 0 Å². The Kier molecular flexibility index (Phi) is 5.51. The summed E-state index contributed by atoms with van der Waals surface area (Å²) >= 11 is 44.8. The topological polar surface area (TPSA) is 0 Å². The molecule has 1 radical (unpaired) electrons. The second kappa shape index (κ2) is 4.67. The van der Waals surface area contributed by atoms with Gasteiger partial charge in [-0.1, -0.05) is 69.6 Å². The Morgan fingerprint density at radius 1 is 0.846 bits per heavy atom. The highest BCUT2D eigenvalue weighted by Gasteiger charge is 2.61. The Morgan fingerprint density at radius 2 is 1.15 bits per heavy atom. The summed E-state index contributed by atoms with van der Waals surface area (Å²) in [6.07, 6.45) is 0. The first-order valence-corrected chi connectivity index (χ1v) is 5.85. The van der Waals surface area contributed by atoms with E-state index in [1.807, 2.05) is 0 Å². The molecule has 0 aliphatic rings. The highest BCUT2D eigenvalue weighted by atomic mass is 35.6. The molecule has 0 aromatic rings. The zero-order chi connectivity index (χ0) is 11.1. The number of rotatable bonds is 3. The fourth-order valence-corrected chi connectivity index (χ4v) is 1.96. The molecule has 0 spiro atoms. The van der Waals surface area contributed by atoms with Crippen LogP contribution in [-0.4, -0.2) is 17.8 Å². The molecule has 0 saturated heterocycles. The number of hydrogen-bond donors (Lipinski definition) is 0. The van der Waals surface area contributed by atoms with Crippen molar-refractivity contribution in [1.82, 2.24) is 0 Å². The molecule has 0 N–H and O–H groups in total. The van der Waals surface area contributed by atoms with Crippen molar-refractivity contribution >= 4 is 92.8 Å². The first-order valence-electron chi connectivity index (χ1n) is 2.71. The predicted molar refractivity (Wildman–Crippen MR) is 64.2 cm³/mol. The zero-order valence-electron chi connectivity index (χ0n) is 5.81. The van der Waals surface area contributed by atoms with Gasteiger partial charge >= 0.3 is 0 Å². The summed E-state index contributed by atoms with van der Waals surface area (Å²) in [5, 5.41) is 0. The maximum Gasteiger partial charge on any atom is 0.186 e. The monoisotopic (exact) mass is 343 g/mol.